The van der Waals surface area contributed by atoms with Crippen molar-refractivity contribution in [3.8, 4) is 11.1 Å². The van der Waals surface area contributed by atoms with Crippen LogP contribution in [-0.4, -0.2) is 13.8 Å². The Balaban J connectivity index is 1.40. The second-order valence-electron chi connectivity index (χ2n) is 16.4. The highest BCUT2D eigenvalue weighted by molar-refractivity contribution is 6.16. The standard InChI is InChI=1S/C47H37N3O2/c1-46(2,3)27-18-20-33-39(24-27)49-40-25-28(47(4,5)6)19-21-34(40)44(52)36-23-26(22-35(41(36)49)43(33)51)29-15-11-16-37-42(29)50-38-17-10-9-13-31(38)30-12-7-8-14-32(30)45(50)48-37/h7-25H,1-6H3. The van der Waals surface area contributed by atoms with Gasteiger partial charge < -0.3 is 4.40 Å². The molecule has 10 aromatic rings. The molecule has 6 aromatic carbocycles. The van der Waals surface area contributed by atoms with Gasteiger partial charge in [0.15, 0.2) is 10.9 Å². The van der Waals surface area contributed by atoms with Crippen LogP contribution < -0.4 is 10.9 Å². The maximum Gasteiger partial charge on any atom is 0.197 e. The smallest absolute Gasteiger partial charge is 0.197 e. The number of para-hydroxylation sites is 2. The van der Waals surface area contributed by atoms with E-state index in [4.69, 9.17) is 4.98 Å². The summed E-state index contributed by atoms with van der Waals surface area (Å²) < 4.78 is 4.43. The number of fused-ring (bicyclic) bond motifs is 12. The molecule has 5 nitrogen and oxygen atoms in total. The Kier molecular flexibility index (Phi) is 6.06. The number of pyridine rings is 3. The third-order valence-electron chi connectivity index (χ3n) is 11.1. The fourth-order valence-electron chi connectivity index (χ4n) is 8.37. The number of nitrogens with zero attached hydrogens (tertiary/aromatic N) is 3. The molecule has 10 rings (SSSR count). The molecule has 0 bridgehead atoms. The number of aromatic nitrogens is 3. The molecule has 0 fully saturated rings. The molecule has 4 heterocycles. The number of imidazole rings is 1. The normalized spacial score (nSPS) is 13.0. The molecule has 52 heavy (non-hydrogen) atoms. The lowest BCUT2D eigenvalue weighted by atomic mass is 9.85. The minimum absolute atomic E-state index is 0.0743. The molecular formula is C47H37N3O2. The van der Waals surface area contributed by atoms with Gasteiger partial charge in [-0.15, -0.1) is 0 Å². The quantitative estimate of drug-likeness (QED) is 0.129. The molecule has 0 N–H and O–H groups in total. The van der Waals surface area contributed by atoms with E-state index in [0.717, 1.165) is 71.6 Å². The first kappa shape index (κ1) is 30.7. The van der Waals surface area contributed by atoms with E-state index in [1.807, 2.05) is 36.4 Å². The van der Waals surface area contributed by atoms with E-state index in [9.17, 15) is 9.59 Å². The average molecular weight is 676 g/mol. The second kappa shape index (κ2) is 10.3. The van der Waals surface area contributed by atoms with E-state index in [1.165, 1.54) is 0 Å². The molecular weight excluding hydrogens is 639 g/mol. The minimum Gasteiger partial charge on any atom is -0.307 e. The average Bonchev–Trinajstić information content (AvgIpc) is 3.54. The van der Waals surface area contributed by atoms with Crippen LogP contribution in [0.1, 0.15) is 52.7 Å². The van der Waals surface area contributed by atoms with Gasteiger partial charge >= 0.3 is 0 Å². The maximum atomic E-state index is 14.7. The molecule has 4 aromatic heterocycles. The fourth-order valence-corrected chi connectivity index (χ4v) is 8.37. The summed E-state index contributed by atoms with van der Waals surface area (Å²) in [5, 5.41) is 5.69. The van der Waals surface area contributed by atoms with Gasteiger partial charge in [-0.3, -0.25) is 14.0 Å². The first-order chi connectivity index (χ1) is 24.9. The Morgan fingerprint density at radius 3 is 1.62 bits per heavy atom. The lowest BCUT2D eigenvalue weighted by molar-refractivity contribution is 0.591. The van der Waals surface area contributed by atoms with Crippen LogP contribution in [0.3, 0.4) is 0 Å². The van der Waals surface area contributed by atoms with Gasteiger partial charge in [0.1, 0.15) is 5.65 Å². The predicted molar refractivity (Wildman–Crippen MR) is 218 cm³/mol. The van der Waals surface area contributed by atoms with E-state index in [2.05, 4.69) is 129 Å². The highest BCUT2D eigenvalue weighted by atomic mass is 16.1. The Bertz CT molecular complexity index is 3180. The van der Waals surface area contributed by atoms with E-state index in [0.29, 0.717) is 27.1 Å². The van der Waals surface area contributed by atoms with Crippen molar-refractivity contribution in [1.29, 1.82) is 0 Å². The van der Waals surface area contributed by atoms with Gasteiger partial charge in [-0.25, -0.2) is 4.98 Å². The van der Waals surface area contributed by atoms with Crippen LogP contribution >= 0.6 is 0 Å². The number of rotatable bonds is 1. The predicted octanol–water partition coefficient (Wildman–Crippen LogP) is 10.9. The van der Waals surface area contributed by atoms with Crippen LogP contribution in [0.5, 0.6) is 0 Å². The van der Waals surface area contributed by atoms with Crippen molar-refractivity contribution in [3.63, 3.8) is 0 Å². The zero-order valence-electron chi connectivity index (χ0n) is 30.1. The zero-order chi connectivity index (χ0) is 35.8. The molecule has 0 saturated carbocycles. The summed E-state index contributed by atoms with van der Waals surface area (Å²) in [6.45, 7) is 13.1. The third-order valence-corrected chi connectivity index (χ3v) is 11.1. The van der Waals surface area contributed by atoms with Crippen molar-refractivity contribution in [3.05, 3.63) is 147 Å². The van der Waals surface area contributed by atoms with Gasteiger partial charge in [-0.1, -0.05) is 108 Å². The first-order valence-corrected chi connectivity index (χ1v) is 18.0. The zero-order valence-corrected chi connectivity index (χ0v) is 30.1. The van der Waals surface area contributed by atoms with Gasteiger partial charge in [0, 0.05) is 37.9 Å². The van der Waals surface area contributed by atoms with Gasteiger partial charge in [0.25, 0.3) is 0 Å². The summed E-state index contributed by atoms with van der Waals surface area (Å²) in [7, 11) is 0. The van der Waals surface area contributed by atoms with Crippen molar-refractivity contribution in [2.45, 2.75) is 52.4 Å². The number of hydrogen-bond acceptors (Lipinski definition) is 3. The van der Waals surface area contributed by atoms with Crippen LogP contribution in [0.15, 0.2) is 125 Å². The van der Waals surface area contributed by atoms with E-state index < -0.39 is 0 Å². The number of benzene rings is 6. The van der Waals surface area contributed by atoms with Gasteiger partial charge in [0.2, 0.25) is 0 Å². The molecule has 0 aliphatic carbocycles. The molecule has 252 valence electrons. The Morgan fingerprint density at radius 2 is 1.02 bits per heavy atom. The summed E-state index contributed by atoms with van der Waals surface area (Å²) in [6, 6.07) is 39.3. The van der Waals surface area contributed by atoms with Crippen molar-refractivity contribution < 1.29 is 0 Å². The second-order valence-corrected chi connectivity index (χ2v) is 16.4. The third kappa shape index (κ3) is 4.13. The van der Waals surface area contributed by atoms with E-state index in [1.54, 1.807) is 0 Å². The summed E-state index contributed by atoms with van der Waals surface area (Å²) in [6.07, 6.45) is 0. The molecule has 0 atom stereocenters. The Hall–Kier alpha value is -6.07. The Morgan fingerprint density at radius 1 is 0.462 bits per heavy atom. The van der Waals surface area contributed by atoms with Crippen LogP contribution in [0.4, 0.5) is 0 Å². The van der Waals surface area contributed by atoms with Crippen LogP contribution in [-0.2, 0) is 10.8 Å². The summed E-state index contributed by atoms with van der Waals surface area (Å²) in [4.78, 5) is 34.7. The monoisotopic (exact) mass is 675 g/mol. The van der Waals surface area contributed by atoms with E-state index >= 15 is 0 Å². The Labute approximate surface area is 299 Å². The van der Waals surface area contributed by atoms with Crippen LogP contribution in [0.2, 0.25) is 0 Å². The molecule has 0 radical (unpaired) electrons. The van der Waals surface area contributed by atoms with Crippen LogP contribution in [0.25, 0.3) is 87.6 Å². The van der Waals surface area contributed by atoms with Crippen molar-refractivity contribution >= 4 is 76.5 Å². The molecule has 0 spiro atoms. The van der Waals surface area contributed by atoms with Crippen LogP contribution in [0, 0.1) is 0 Å². The van der Waals surface area contributed by atoms with Crippen molar-refractivity contribution in [1.82, 2.24) is 13.8 Å². The lowest BCUT2D eigenvalue weighted by Gasteiger charge is -2.23. The summed E-state index contributed by atoms with van der Waals surface area (Å²) in [5.41, 5.74) is 9.61. The molecule has 5 heteroatoms. The molecule has 0 unspecified atom stereocenters. The fraction of sp³-hybridized carbons (Fsp3) is 0.170. The van der Waals surface area contributed by atoms with Gasteiger partial charge in [0.05, 0.1) is 33.1 Å². The first-order valence-electron chi connectivity index (χ1n) is 18.0. The molecule has 0 aliphatic heterocycles. The molecule has 0 saturated heterocycles. The maximum absolute atomic E-state index is 14.7. The number of hydrogen-bond donors (Lipinski definition) is 0. The molecule has 0 aliphatic rings. The van der Waals surface area contributed by atoms with Gasteiger partial charge in [-0.05, 0) is 81.4 Å². The summed E-state index contributed by atoms with van der Waals surface area (Å²) >= 11 is 0. The van der Waals surface area contributed by atoms with Gasteiger partial charge in [-0.2, -0.15) is 0 Å². The SMILES string of the molecule is CC(C)(C)c1ccc2c(=O)c3cc(-c4cccc5nc6c7ccccc7c7ccccc7n6c45)cc4c(=O)c5ccc(C(C)(C)C)cc5n(c2c1)c34. The highest BCUT2D eigenvalue weighted by Crippen LogP contribution is 2.39. The van der Waals surface area contributed by atoms with Crippen molar-refractivity contribution in [2.75, 3.05) is 0 Å². The largest absolute Gasteiger partial charge is 0.307 e. The lowest BCUT2D eigenvalue weighted by Crippen LogP contribution is -2.17. The van der Waals surface area contributed by atoms with E-state index in [-0.39, 0.29) is 21.7 Å². The highest BCUT2D eigenvalue weighted by Gasteiger charge is 2.24. The molecule has 0 amide bonds. The topological polar surface area (TPSA) is 55.9 Å². The minimum atomic E-state index is -0.130. The summed E-state index contributed by atoms with van der Waals surface area (Å²) in [5.74, 6) is 0. The van der Waals surface area contributed by atoms with Crippen molar-refractivity contribution in [2.24, 2.45) is 0 Å².